The Kier molecular flexibility index (Phi) is 5.18. The van der Waals surface area contributed by atoms with Gasteiger partial charge in [-0.2, -0.15) is 0 Å². The summed E-state index contributed by atoms with van der Waals surface area (Å²) in [4.78, 5) is 16.5. The van der Waals surface area contributed by atoms with Crippen molar-refractivity contribution in [3.8, 4) is 11.5 Å². The highest BCUT2D eigenvalue weighted by Gasteiger charge is 2.29. The van der Waals surface area contributed by atoms with Crippen molar-refractivity contribution in [2.75, 3.05) is 5.32 Å². The van der Waals surface area contributed by atoms with E-state index in [1.165, 1.54) is 18.2 Å². The smallest absolute Gasteiger partial charge is 0.261 e. The molecule has 0 saturated carbocycles. The molecule has 30 heavy (non-hydrogen) atoms. The van der Waals surface area contributed by atoms with Crippen molar-refractivity contribution in [2.45, 2.75) is 0 Å². The Bertz CT molecular complexity index is 1290. The molecule has 0 saturated heterocycles. The number of halogens is 6. The molecule has 10 heteroatoms. The highest BCUT2D eigenvalue weighted by molar-refractivity contribution is 14.1. The monoisotopic (exact) mass is 530 g/mol. The molecule has 0 fully saturated rings. The summed E-state index contributed by atoms with van der Waals surface area (Å²) < 4.78 is 74.1. The number of hydrogen-bond acceptors (Lipinski definition) is 3. The fourth-order valence-corrected chi connectivity index (χ4v) is 3.29. The van der Waals surface area contributed by atoms with Crippen LogP contribution in [-0.4, -0.2) is 10.9 Å². The van der Waals surface area contributed by atoms with Crippen molar-refractivity contribution >= 4 is 45.3 Å². The lowest BCUT2D eigenvalue weighted by Crippen LogP contribution is -2.19. The summed E-state index contributed by atoms with van der Waals surface area (Å²) in [6, 6.07) is 11.5. The molecule has 1 heterocycles. The van der Waals surface area contributed by atoms with E-state index < -0.39 is 40.6 Å². The molecule has 1 amide bonds. The normalized spacial score (nSPS) is 11.1. The second kappa shape index (κ2) is 7.67. The molecule has 4 aromatic rings. The van der Waals surface area contributed by atoms with Crippen LogP contribution in [0, 0.1) is 32.7 Å². The van der Waals surface area contributed by atoms with E-state index in [4.69, 9.17) is 4.42 Å². The lowest BCUT2D eigenvalue weighted by molar-refractivity contribution is 0.101. The number of nitrogens with zero attached hydrogens (tertiary/aromatic N) is 1. The molecule has 1 aromatic heterocycles. The third-order valence-electron chi connectivity index (χ3n) is 4.15. The third kappa shape index (κ3) is 3.51. The lowest BCUT2D eigenvalue weighted by Gasteiger charge is -2.09. The van der Waals surface area contributed by atoms with Gasteiger partial charge in [-0.25, -0.2) is 26.9 Å². The fourth-order valence-electron chi connectivity index (χ4n) is 2.75. The quantitative estimate of drug-likeness (QED) is 0.152. The minimum atomic E-state index is -2.34. The molecule has 1 N–H and O–H groups in total. The van der Waals surface area contributed by atoms with E-state index in [1.54, 1.807) is 6.07 Å². The first kappa shape index (κ1) is 20.3. The van der Waals surface area contributed by atoms with Gasteiger partial charge in [-0.3, -0.25) is 4.79 Å². The van der Waals surface area contributed by atoms with Gasteiger partial charge in [0.2, 0.25) is 11.7 Å². The van der Waals surface area contributed by atoms with Gasteiger partial charge < -0.3 is 9.73 Å². The van der Waals surface area contributed by atoms with Crippen molar-refractivity contribution in [1.29, 1.82) is 0 Å². The van der Waals surface area contributed by atoms with E-state index in [-0.39, 0.29) is 5.69 Å². The van der Waals surface area contributed by atoms with Crippen molar-refractivity contribution in [2.24, 2.45) is 0 Å². The van der Waals surface area contributed by atoms with Gasteiger partial charge in [-0.05, 0) is 59.0 Å². The average Bonchev–Trinajstić information content (AvgIpc) is 3.14. The molecule has 3 aromatic carbocycles. The molecule has 0 radical (unpaired) electrons. The van der Waals surface area contributed by atoms with Crippen LogP contribution in [-0.2, 0) is 0 Å². The Morgan fingerprint density at radius 3 is 2.23 bits per heavy atom. The van der Waals surface area contributed by atoms with Crippen LogP contribution in [0.4, 0.5) is 27.6 Å². The molecule has 0 atom stereocenters. The molecule has 0 unspecified atom stereocenters. The van der Waals surface area contributed by atoms with Crippen LogP contribution in [0.15, 0.2) is 46.9 Å². The van der Waals surface area contributed by atoms with Crippen molar-refractivity contribution in [3.63, 3.8) is 0 Å². The average molecular weight is 530 g/mol. The maximum atomic E-state index is 13.8. The first-order valence-electron chi connectivity index (χ1n) is 8.25. The first-order chi connectivity index (χ1) is 14.3. The van der Waals surface area contributed by atoms with E-state index in [0.717, 1.165) is 3.57 Å². The van der Waals surface area contributed by atoms with Crippen molar-refractivity contribution in [3.05, 3.63) is 80.7 Å². The molecule has 152 valence electrons. The SMILES string of the molecule is O=C(Nc1ccc2oc(-c3cccc(I)c3)nc2c1)c1c(F)c(F)c(F)c(F)c1F. The van der Waals surface area contributed by atoms with Gasteiger partial charge in [0.05, 0.1) is 0 Å². The number of nitrogens with one attached hydrogen (secondary N) is 1. The summed E-state index contributed by atoms with van der Waals surface area (Å²) in [6.07, 6.45) is 0. The zero-order valence-electron chi connectivity index (χ0n) is 14.6. The number of anilines is 1. The van der Waals surface area contributed by atoms with Crippen LogP contribution in [0.2, 0.25) is 0 Å². The van der Waals surface area contributed by atoms with E-state index in [0.29, 0.717) is 22.6 Å². The van der Waals surface area contributed by atoms with Crippen LogP contribution in [0.25, 0.3) is 22.6 Å². The third-order valence-corrected chi connectivity index (χ3v) is 4.82. The topological polar surface area (TPSA) is 55.1 Å². The second-order valence-corrected chi connectivity index (χ2v) is 7.36. The molecule has 0 bridgehead atoms. The minimum absolute atomic E-state index is 0.0268. The predicted molar refractivity (Wildman–Crippen MR) is 106 cm³/mol. The zero-order chi connectivity index (χ0) is 21.6. The number of carbonyl (C=O) groups is 1. The molecular formula is C20H8F5IN2O2. The summed E-state index contributed by atoms with van der Waals surface area (Å²) >= 11 is 2.13. The lowest BCUT2D eigenvalue weighted by atomic mass is 10.1. The summed E-state index contributed by atoms with van der Waals surface area (Å²) in [5, 5.41) is 2.11. The Hall–Kier alpha value is -3.02. The van der Waals surface area contributed by atoms with E-state index in [2.05, 4.69) is 32.9 Å². The molecule has 0 aliphatic heterocycles. The van der Waals surface area contributed by atoms with Crippen LogP contribution >= 0.6 is 22.6 Å². The van der Waals surface area contributed by atoms with Gasteiger partial charge in [0, 0.05) is 14.8 Å². The molecule has 0 spiro atoms. The predicted octanol–water partition coefficient (Wildman–Crippen LogP) is 6.05. The van der Waals surface area contributed by atoms with Crippen molar-refractivity contribution < 1.29 is 31.2 Å². The first-order valence-corrected chi connectivity index (χ1v) is 9.33. The largest absolute Gasteiger partial charge is 0.436 e. The summed E-state index contributed by atoms with van der Waals surface area (Å²) in [6.45, 7) is 0. The van der Waals surface area contributed by atoms with Gasteiger partial charge in [0.1, 0.15) is 11.1 Å². The Morgan fingerprint density at radius 1 is 0.900 bits per heavy atom. The van der Waals surface area contributed by atoms with Crippen LogP contribution in [0.5, 0.6) is 0 Å². The molecule has 0 aliphatic rings. The summed E-state index contributed by atoms with van der Waals surface area (Å²) in [5.41, 5.74) is -0.146. The van der Waals surface area contributed by atoms with Crippen LogP contribution in [0.3, 0.4) is 0 Å². The van der Waals surface area contributed by atoms with Gasteiger partial charge in [-0.15, -0.1) is 0 Å². The summed E-state index contributed by atoms with van der Waals surface area (Å²) in [7, 11) is 0. The van der Waals surface area contributed by atoms with Crippen LogP contribution in [0.1, 0.15) is 10.4 Å². The van der Waals surface area contributed by atoms with Gasteiger partial charge >= 0.3 is 0 Å². The number of fused-ring (bicyclic) bond motifs is 1. The Balaban J connectivity index is 1.67. The standard InChI is InChI=1S/C20H8F5IN2O2/c21-14-13(15(22)17(24)18(25)16(14)23)19(29)27-10-4-5-12-11(7-10)28-20(30-12)8-2-1-3-9(26)6-8/h1-7H,(H,27,29). The maximum Gasteiger partial charge on any atom is 0.261 e. The second-order valence-electron chi connectivity index (χ2n) is 6.11. The molecule has 0 aliphatic carbocycles. The number of rotatable bonds is 3. The van der Waals surface area contributed by atoms with Gasteiger partial charge in [0.15, 0.2) is 28.9 Å². The number of aromatic nitrogens is 1. The van der Waals surface area contributed by atoms with Crippen molar-refractivity contribution in [1.82, 2.24) is 4.98 Å². The van der Waals surface area contributed by atoms with E-state index in [1.807, 2.05) is 18.2 Å². The number of oxazole rings is 1. The number of hydrogen-bond donors (Lipinski definition) is 1. The van der Waals surface area contributed by atoms with Gasteiger partial charge in [0.25, 0.3) is 5.91 Å². The summed E-state index contributed by atoms with van der Waals surface area (Å²) in [5.74, 6) is -12.4. The van der Waals surface area contributed by atoms with E-state index >= 15 is 0 Å². The van der Waals surface area contributed by atoms with Gasteiger partial charge in [-0.1, -0.05) is 6.07 Å². The maximum absolute atomic E-state index is 13.8. The number of carbonyl (C=O) groups excluding carboxylic acids is 1. The molecular weight excluding hydrogens is 522 g/mol. The van der Waals surface area contributed by atoms with Crippen LogP contribution < -0.4 is 5.32 Å². The molecule has 4 nitrogen and oxygen atoms in total. The number of amides is 1. The Morgan fingerprint density at radius 2 is 1.57 bits per heavy atom. The Labute approximate surface area is 178 Å². The number of benzene rings is 3. The molecule has 4 rings (SSSR count). The zero-order valence-corrected chi connectivity index (χ0v) is 16.7. The highest BCUT2D eigenvalue weighted by Crippen LogP contribution is 2.28. The highest BCUT2D eigenvalue weighted by atomic mass is 127. The minimum Gasteiger partial charge on any atom is -0.436 e. The van der Waals surface area contributed by atoms with E-state index in [9.17, 15) is 26.7 Å². The fraction of sp³-hybridized carbons (Fsp3) is 0.